The molecule has 2 unspecified atom stereocenters. The van der Waals surface area contributed by atoms with Gasteiger partial charge in [0, 0.05) is 0 Å². The molecule has 0 aliphatic heterocycles. The largest absolute Gasteiger partial charge is 0.103 e. The predicted molar refractivity (Wildman–Crippen MR) is 85.4 cm³/mol. The van der Waals surface area contributed by atoms with E-state index in [0.717, 1.165) is 35.5 Å². The minimum absolute atomic E-state index is 0.615. The van der Waals surface area contributed by atoms with Crippen molar-refractivity contribution in [3.63, 3.8) is 0 Å². The van der Waals surface area contributed by atoms with Crippen LogP contribution in [-0.4, -0.2) is 0 Å². The van der Waals surface area contributed by atoms with Crippen molar-refractivity contribution in [2.24, 2.45) is 40.9 Å². The fraction of sp³-hybridized carbons (Fsp3) is 0.900. The van der Waals surface area contributed by atoms with Gasteiger partial charge < -0.3 is 0 Å². The van der Waals surface area contributed by atoms with Gasteiger partial charge >= 0.3 is 0 Å². The summed E-state index contributed by atoms with van der Waals surface area (Å²) >= 11 is 0. The molecule has 0 N–H and O–H groups in total. The van der Waals surface area contributed by atoms with E-state index < -0.39 is 0 Å². The van der Waals surface area contributed by atoms with Crippen molar-refractivity contribution in [3.05, 3.63) is 12.7 Å². The van der Waals surface area contributed by atoms with E-state index in [-0.39, 0.29) is 0 Å². The molecule has 0 aromatic rings. The van der Waals surface area contributed by atoms with Gasteiger partial charge in [-0.1, -0.05) is 32.3 Å². The van der Waals surface area contributed by atoms with Gasteiger partial charge in [-0.05, 0) is 85.9 Å². The summed E-state index contributed by atoms with van der Waals surface area (Å²) in [7, 11) is 0. The Kier molecular flexibility index (Phi) is 3.28. The average Bonchev–Trinajstić information content (AvgIpc) is 2.83. The maximum atomic E-state index is 4.15. The van der Waals surface area contributed by atoms with E-state index in [9.17, 15) is 0 Å². The molecule has 0 radical (unpaired) electrons. The highest BCUT2D eigenvalue weighted by molar-refractivity contribution is 5.08. The molecule has 0 nitrogen and oxygen atoms in total. The van der Waals surface area contributed by atoms with Gasteiger partial charge in [-0.3, -0.25) is 0 Å². The Morgan fingerprint density at radius 2 is 1.70 bits per heavy atom. The molecular formula is C20H32. The Balaban J connectivity index is 1.59. The molecule has 0 aromatic heterocycles. The predicted octanol–water partition coefficient (Wildman–Crippen LogP) is 5.83. The van der Waals surface area contributed by atoms with Gasteiger partial charge in [-0.2, -0.15) is 0 Å². The lowest BCUT2D eigenvalue weighted by molar-refractivity contribution is -0.0569. The van der Waals surface area contributed by atoms with E-state index in [1.54, 1.807) is 32.1 Å². The monoisotopic (exact) mass is 272 g/mol. The number of rotatable bonds is 1. The lowest BCUT2D eigenvalue weighted by Gasteiger charge is -2.55. The van der Waals surface area contributed by atoms with Crippen molar-refractivity contribution in [1.29, 1.82) is 0 Å². The molecule has 0 amide bonds. The molecule has 20 heavy (non-hydrogen) atoms. The summed E-state index contributed by atoms with van der Waals surface area (Å²) in [4.78, 5) is 0. The van der Waals surface area contributed by atoms with Crippen molar-refractivity contribution >= 4 is 0 Å². The van der Waals surface area contributed by atoms with Crippen molar-refractivity contribution in [3.8, 4) is 0 Å². The van der Waals surface area contributed by atoms with Crippen LogP contribution in [-0.2, 0) is 0 Å². The maximum Gasteiger partial charge on any atom is -0.0179 e. The molecule has 0 heteroatoms. The third-order valence-electron chi connectivity index (χ3n) is 8.24. The van der Waals surface area contributed by atoms with Crippen LogP contribution in [0.25, 0.3) is 0 Å². The fourth-order valence-electron chi connectivity index (χ4n) is 7.26. The van der Waals surface area contributed by atoms with E-state index in [1.807, 2.05) is 0 Å². The Morgan fingerprint density at radius 1 is 0.850 bits per heavy atom. The first-order valence-electron chi connectivity index (χ1n) is 9.36. The molecule has 0 spiro atoms. The minimum Gasteiger partial charge on any atom is -0.103 e. The third-order valence-corrected chi connectivity index (χ3v) is 8.24. The van der Waals surface area contributed by atoms with Crippen LogP contribution in [0.15, 0.2) is 12.7 Å². The molecule has 4 aliphatic carbocycles. The average molecular weight is 272 g/mol. The van der Waals surface area contributed by atoms with Gasteiger partial charge in [0.05, 0.1) is 0 Å². The van der Waals surface area contributed by atoms with E-state index >= 15 is 0 Å². The first kappa shape index (κ1) is 13.4. The van der Waals surface area contributed by atoms with Crippen molar-refractivity contribution in [2.75, 3.05) is 0 Å². The quantitative estimate of drug-likeness (QED) is 0.527. The Hall–Kier alpha value is -0.260. The second-order valence-corrected chi connectivity index (χ2v) is 8.68. The van der Waals surface area contributed by atoms with Crippen molar-refractivity contribution in [2.45, 2.75) is 71.1 Å². The van der Waals surface area contributed by atoms with Gasteiger partial charge in [-0.25, -0.2) is 0 Å². The summed E-state index contributed by atoms with van der Waals surface area (Å²) < 4.78 is 0. The maximum absolute atomic E-state index is 4.15. The van der Waals surface area contributed by atoms with Gasteiger partial charge in [0.2, 0.25) is 0 Å². The van der Waals surface area contributed by atoms with Crippen LogP contribution in [0.5, 0.6) is 0 Å². The first-order chi connectivity index (χ1) is 9.74. The van der Waals surface area contributed by atoms with Crippen LogP contribution in [0.4, 0.5) is 0 Å². The van der Waals surface area contributed by atoms with E-state index in [2.05, 4.69) is 19.6 Å². The topological polar surface area (TPSA) is 0 Å². The third kappa shape index (κ3) is 1.79. The molecule has 112 valence electrons. The Bertz CT molecular complexity index is 383. The molecule has 4 saturated carbocycles. The van der Waals surface area contributed by atoms with Crippen LogP contribution in [0.2, 0.25) is 0 Å². The van der Waals surface area contributed by atoms with E-state index in [0.29, 0.717) is 5.41 Å². The molecule has 0 saturated heterocycles. The fourth-order valence-corrected chi connectivity index (χ4v) is 7.26. The number of hydrogen-bond acceptors (Lipinski definition) is 0. The summed E-state index contributed by atoms with van der Waals surface area (Å²) in [6, 6.07) is 0. The smallest absolute Gasteiger partial charge is 0.0179 e. The molecular weight excluding hydrogens is 240 g/mol. The summed E-state index contributed by atoms with van der Waals surface area (Å²) in [5.41, 5.74) is 0.615. The van der Waals surface area contributed by atoms with Crippen LogP contribution >= 0.6 is 0 Å². The van der Waals surface area contributed by atoms with Gasteiger partial charge in [0.1, 0.15) is 0 Å². The molecule has 0 bridgehead atoms. The first-order valence-corrected chi connectivity index (χ1v) is 9.36. The molecule has 0 heterocycles. The zero-order chi connectivity index (χ0) is 13.7. The lowest BCUT2D eigenvalue weighted by Crippen LogP contribution is -2.47. The lowest BCUT2D eigenvalue weighted by atomic mass is 9.50. The Labute approximate surface area is 125 Å². The van der Waals surface area contributed by atoms with Gasteiger partial charge in [-0.15, -0.1) is 6.58 Å². The second kappa shape index (κ2) is 4.89. The minimum atomic E-state index is 0.615. The van der Waals surface area contributed by atoms with Crippen LogP contribution in [0, 0.1) is 40.9 Å². The van der Waals surface area contributed by atoms with Crippen LogP contribution < -0.4 is 0 Å². The summed E-state index contributed by atoms with van der Waals surface area (Å²) in [5.74, 6) is 6.28. The van der Waals surface area contributed by atoms with Gasteiger partial charge in [0.25, 0.3) is 0 Å². The summed E-state index contributed by atoms with van der Waals surface area (Å²) in [5, 5.41) is 0. The molecule has 7 atom stereocenters. The number of allylic oxidation sites excluding steroid dienone is 1. The van der Waals surface area contributed by atoms with Crippen molar-refractivity contribution in [1.82, 2.24) is 0 Å². The van der Waals surface area contributed by atoms with Crippen molar-refractivity contribution < 1.29 is 0 Å². The zero-order valence-electron chi connectivity index (χ0n) is 13.3. The van der Waals surface area contributed by atoms with Crippen LogP contribution in [0.1, 0.15) is 71.1 Å². The second-order valence-electron chi connectivity index (χ2n) is 8.68. The standard InChI is InChI=1S/C20H32/c1-3-15-9-11-19-18-10-8-14-6-4-5-7-16(14)17(18)12-13-20(15,19)2/h3,14-19H,1,4-13H2,2H3/t14?,15?,16-,17+,18+,19-,20+/m0/s1. The van der Waals surface area contributed by atoms with E-state index in [4.69, 9.17) is 0 Å². The van der Waals surface area contributed by atoms with Crippen LogP contribution in [0.3, 0.4) is 0 Å². The highest BCUT2D eigenvalue weighted by Crippen LogP contribution is 2.64. The highest BCUT2D eigenvalue weighted by Gasteiger charge is 2.55. The van der Waals surface area contributed by atoms with Gasteiger partial charge in [0.15, 0.2) is 0 Å². The normalized spacial score (nSPS) is 54.6. The molecule has 4 rings (SSSR count). The van der Waals surface area contributed by atoms with E-state index in [1.165, 1.54) is 32.1 Å². The Morgan fingerprint density at radius 3 is 2.55 bits per heavy atom. The number of fused-ring (bicyclic) bond motifs is 5. The molecule has 4 aliphatic rings. The SMILES string of the molecule is C=CC1CC[C@H]2[C@@H]3CCC4CCCC[C@@H]4[C@H]3CC[C@]12C. The zero-order valence-corrected chi connectivity index (χ0v) is 13.3. The molecule has 4 fully saturated rings. The molecule has 0 aromatic carbocycles. The number of hydrogen-bond donors (Lipinski definition) is 0. The summed E-state index contributed by atoms with van der Waals surface area (Å²) in [6.07, 6.45) is 17.6. The highest BCUT2D eigenvalue weighted by atomic mass is 14.6. The summed E-state index contributed by atoms with van der Waals surface area (Å²) in [6.45, 7) is 6.76.